The highest BCUT2D eigenvalue weighted by Gasteiger charge is 2.12. The molecular formula is C12H11N5O3S. The van der Waals surface area contributed by atoms with Crippen molar-refractivity contribution in [1.82, 2.24) is 20.0 Å². The van der Waals surface area contributed by atoms with E-state index < -0.39 is 0 Å². The van der Waals surface area contributed by atoms with Crippen LogP contribution in [0.5, 0.6) is 0 Å². The summed E-state index contributed by atoms with van der Waals surface area (Å²) in [6.45, 7) is 1.56. The number of rotatable bonds is 4. The Morgan fingerprint density at radius 3 is 3.00 bits per heavy atom. The van der Waals surface area contributed by atoms with Gasteiger partial charge in [-0.05, 0) is 19.1 Å². The number of nitrogens with zero attached hydrogens (tertiary/aromatic N) is 4. The molecule has 3 aromatic heterocycles. The minimum absolute atomic E-state index is 0.253. The van der Waals surface area contributed by atoms with Gasteiger partial charge in [-0.3, -0.25) is 4.79 Å². The lowest BCUT2D eigenvalue weighted by Crippen LogP contribution is -2.32. The SMILES string of the molecule is Cc1nnc(SCc2cc(-c3ccco3)on2)n(N)c1=O. The summed E-state index contributed by atoms with van der Waals surface area (Å²) >= 11 is 1.24. The van der Waals surface area contributed by atoms with E-state index in [0.29, 0.717) is 28.1 Å². The number of aromatic nitrogens is 4. The highest BCUT2D eigenvalue weighted by Crippen LogP contribution is 2.24. The van der Waals surface area contributed by atoms with Gasteiger partial charge >= 0.3 is 0 Å². The van der Waals surface area contributed by atoms with Crippen LogP contribution in [0.3, 0.4) is 0 Å². The molecular weight excluding hydrogens is 294 g/mol. The fraction of sp³-hybridized carbons (Fsp3) is 0.167. The first-order chi connectivity index (χ1) is 10.1. The summed E-state index contributed by atoms with van der Waals surface area (Å²) in [5, 5.41) is 11.9. The monoisotopic (exact) mass is 305 g/mol. The lowest BCUT2D eigenvalue weighted by molar-refractivity contribution is 0.413. The minimum Gasteiger partial charge on any atom is -0.461 e. The molecule has 0 radical (unpaired) electrons. The number of nitrogen functional groups attached to an aromatic ring is 1. The summed E-state index contributed by atoms with van der Waals surface area (Å²) in [7, 11) is 0. The molecule has 0 spiro atoms. The molecule has 0 aromatic carbocycles. The molecule has 2 N–H and O–H groups in total. The standard InChI is InChI=1S/C12H11N5O3S/c1-7-11(18)17(13)12(15-14-7)21-6-8-5-10(20-16-8)9-3-2-4-19-9/h2-5H,6,13H2,1H3. The van der Waals surface area contributed by atoms with Crippen molar-refractivity contribution in [1.29, 1.82) is 0 Å². The Hall–Kier alpha value is -2.55. The van der Waals surface area contributed by atoms with E-state index in [0.717, 1.165) is 4.68 Å². The first kappa shape index (κ1) is 13.4. The van der Waals surface area contributed by atoms with Crippen LogP contribution in [0.15, 0.2) is 43.4 Å². The number of hydrogen-bond donors (Lipinski definition) is 1. The smallest absolute Gasteiger partial charge is 0.294 e. The number of nitrogens with two attached hydrogens (primary N) is 1. The first-order valence-electron chi connectivity index (χ1n) is 5.99. The lowest BCUT2D eigenvalue weighted by Gasteiger charge is -2.04. The molecule has 8 nitrogen and oxygen atoms in total. The highest BCUT2D eigenvalue weighted by atomic mass is 32.2. The summed E-state index contributed by atoms with van der Waals surface area (Å²) in [4.78, 5) is 11.6. The zero-order valence-electron chi connectivity index (χ0n) is 11.0. The van der Waals surface area contributed by atoms with E-state index in [1.165, 1.54) is 11.8 Å². The van der Waals surface area contributed by atoms with E-state index in [-0.39, 0.29) is 11.3 Å². The van der Waals surface area contributed by atoms with Gasteiger partial charge in [-0.1, -0.05) is 16.9 Å². The normalized spacial score (nSPS) is 10.9. The second kappa shape index (κ2) is 5.44. The Kier molecular flexibility index (Phi) is 3.48. The Morgan fingerprint density at radius 2 is 2.24 bits per heavy atom. The Labute approximate surface area is 122 Å². The number of furan rings is 1. The molecule has 0 bridgehead atoms. The van der Waals surface area contributed by atoms with E-state index in [4.69, 9.17) is 14.8 Å². The third-order valence-corrected chi connectivity index (χ3v) is 3.67. The predicted octanol–water partition coefficient (Wildman–Crippen LogP) is 1.20. The maximum absolute atomic E-state index is 11.6. The van der Waals surface area contributed by atoms with Gasteiger partial charge < -0.3 is 14.8 Å². The molecule has 0 fully saturated rings. The van der Waals surface area contributed by atoms with Crippen molar-refractivity contribution < 1.29 is 8.94 Å². The molecule has 3 rings (SSSR count). The number of hydrogen-bond acceptors (Lipinski definition) is 8. The molecule has 0 aliphatic heterocycles. The van der Waals surface area contributed by atoms with Crippen molar-refractivity contribution in [2.75, 3.05) is 5.84 Å². The van der Waals surface area contributed by atoms with Crippen molar-refractivity contribution in [3.05, 3.63) is 46.2 Å². The molecule has 108 valence electrons. The van der Waals surface area contributed by atoms with Crippen LogP contribution in [0.4, 0.5) is 0 Å². The van der Waals surface area contributed by atoms with E-state index in [2.05, 4.69) is 15.4 Å². The Bertz CT molecular complexity index is 809. The van der Waals surface area contributed by atoms with Gasteiger partial charge in [0.2, 0.25) is 10.9 Å². The van der Waals surface area contributed by atoms with Crippen LogP contribution in [0, 0.1) is 6.92 Å². The molecule has 0 saturated heterocycles. The molecule has 0 amide bonds. The van der Waals surface area contributed by atoms with Crippen LogP contribution < -0.4 is 11.4 Å². The summed E-state index contributed by atoms with van der Waals surface area (Å²) in [5.74, 6) is 7.23. The maximum atomic E-state index is 11.6. The van der Waals surface area contributed by atoms with Crippen molar-refractivity contribution in [2.45, 2.75) is 17.8 Å². The third-order valence-electron chi connectivity index (χ3n) is 2.69. The van der Waals surface area contributed by atoms with Crippen LogP contribution in [0.1, 0.15) is 11.4 Å². The molecule has 3 heterocycles. The Morgan fingerprint density at radius 1 is 1.38 bits per heavy atom. The number of aryl methyl sites for hydroxylation is 1. The van der Waals surface area contributed by atoms with Crippen molar-refractivity contribution in [3.8, 4) is 11.5 Å². The first-order valence-corrected chi connectivity index (χ1v) is 6.97. The molecule has 0 atom stereocenters. The number of thioether (sulfide) groups is 1. The van der Waals surface area contributed by atoms with Gasteiger partial charge in [0, 0.05) is 11.8 Å². The Balaban J connectivity index is 1.74. The highest BCUT2D eigenvalue weighted by molar-refractivity contribution is 7.98. The van der Waals surface area contributed by atoms with Crippen molar-refractivity contribution >= 4 is 11.8 Å². The van der Waals surface area contributed by atoms with Crippen molar-refractivity contribution in [3.63, 3.8) is 0 Å². The maximum Gasteiger partial charge on any atom is 0.294 e. The van der Waals surface area contributed by atoms with Crippen LogP contribution >= 0.6 is 11.8 Å². The van der Waals surface area contributed by atoms with E-state index in [1.54, 1.807) is 31.4 Å². The fourth-order valence-electron chi connectivity index (χ4n) is 1.62. The van der Waals surface area contributed by atoms with Crippen LogP contribution in [-0.4, -0.2) is 20.0 Å². The van der Waals surface area contributed by atoms with Gasteiger partial charge in [-0.2, -0.15) is 4.68 Å². The van der Waals surface area contributed by atoms with Gasteiger partial charge in [-0.15, -0.1) is 10.2 Å². The fourth-order valence-corrected chi connectivity index (χ4v) is 2.36. The molecule has 3 aromatic rings. The topological polar surface area (TPSA) is 113 Å². The summed E-state index contributed by atoms with van der Waals surface area (Å²) < 4.78 is 11.4. The van der Waals surface area contributed by atoms with E-state index >= 15 is 0 Å². The van der Waals surface area contributed by atoms with Crippen LogP contribution in [0.25, 0.3) is 11.5 Å². The summed E-state index contributed by atoms with van der Waals surface area (Å²) in [5.41, 5.74) is 0.563. The zero-order chi connectivity index (χ0) is 14.8. The molecule has 9 heteroatoms. The average Bonchev–Trinajstić information content (AvgIpc) is 3.14. The molecule has 0 saturated carbocycles. The third kappa shape index (κ3) is 2.68. The molecule has 21 heavy (non-hydrogen) atoms. The van der Waals surface area contributed by atoms with Gasteiger partial charge in [0.25, 0.3) is 5.56 Å². The molecule has 0 unspecified atom stereocenters. The predicted molar refractivity (Wildman–Crippen MR) is 74.9 cm³/mol. The minimum atomic E-state index is -0.371. The quantitative estimate of drug-likeness (QED) is 0.565. The molecule has 0 aliphatic carbocycles. The second-order valence-electron chi connectivity index (χ2n) is 4.19. The van der Waals surface area contributed by atoms with Crippen LogP contribution in [0.2, 0.25) is 0 Å². The van der Waals surface area contributed by atoms with Crippen LogP contribution in [-0.2, 0) is 5.75 Å². The van der Waals surface area contributed by atoms with E-state index in [9.17, 15) is 4.79 Å². The largest absolute Gasteiger partial charge is 0.461 e. The second-order valence-corrected chi connectivity index (χ2v) is 5.13. The van der Waals surface area contributed by atoms with Gasteiger partial charge in [0.05, 0.1) is 12.0 Å². The van der Waals surface area contributed by atoms with Gasteiger partial charge in [0.1, 0.15) is 5.69 Å². The summed E-state index contributed by atoms with van der Waals surface area (Å²) in [6, 6.07) is 5.30. The van der Waals surface area contributed by atoms with Gasteiger partial charge in [0.15, 0.2) is 5.76 Å². The lowest BCUT2D eigenvalue weighted by atomic mass is 10.3. The summed E-state index contributed by atoms with van der Waals surface area (Å²) in [6.07, 6.45) is 1.56. The zero-order valence-corrected chi connectivity index (χ0v) is 11.8. The van der Waals surface area contributed by atoms with Gasteiger partial charge in [-0.25, -0.2) is 0 Å². The average molecular weight is 305 g/mol. The van der Waals surface area contributed by atoms with E-state index in [1.807, 2.05) is 0 Å². The molecule has 0 aliphatic rings. The van der Waals surface area contributed by atoms with Crippen molar-refractivity contribution in [2.24, 2.45) is 0 Å².